The lowest BCUT2D eigenvalue weighted by Gasteiger charge is -2.24. The van der Waals surface area contributed by atoms with E-state index in [0.29, 0.717) is 24.8 Å². The minimum atomic E-state index is -0.984. The van der Waals surface area contributed by atoms with E-state index in [-0.39, 0.29) is 30.4 Å². The maximum atomic E-state index is 12.6. The summed E-state index contributed by atoms with van der Waals surface area (Å²) in [5.74, 6) is -0.987. The Morgan fingerprint density at radius 3 is 1.95 bits per heavy atom. The Kier molecular flexibility index (Phi) is 14.6. The standard InChI is InChI=1S/C30H47NO10/c1-10-13-14-25(32)37-20(4)19-31-22(26(33)36-9)17-21-15-16-23(38-27(34)40-29(5,6)11-2)24(18-21)39-28(35)41-30(7,8)12-3/h15-16,18,20,22,31H,10-14,17,19H2,1-9H3/t20?,22-/m0/s1. The van der Waals surface area contributed by atoms with Crippen LogP contribution in [0.2, 0.25) is 0 Å². The van der Waals surface area contributed by atoms with Crippen LogP contribution in [0.4, 0.5) is 9.59 Å². The molecule has 1 unspecified atom stereocenters. The molecule has 1 aromatic rings. The maximum Gasteiger partial charge on any atom is 0.514 e. The molecule has 0 fully saturated rings. The Balaban J connectivity index is 3.15. The Bertz CT molecular complexity index is 1020. The summed E-state index contributed by atoms with van der Waals surface area (Å²) in [6, 6.07) is 3.72. The summed E-state index contributed by atoms with van der Waals surface area (Å²) in [6.45, 7) is 14.6. The Labute approximate surface area is 243 Å². The van der Waals surface area contributed by atoms with Gasteiger partial charge in [-0.1, -0.05) is 33.3 Å². The third-order valence-corrected chi connectivity index (χ3v) is 6.46. The molecule has 0 saturated carbocycles. The molecule has 0 aliphatic rings. The van der Waals surface area contributed by atoms with Gasteiger partial charge < -0.3 is 33.7 Å². The third-order valence-electron chi connectivity index (χ3n) is 6.46. The van der Waals surface area contributed by atoms with Gasteiger partial charge in [-0.25, -0.2) is 9.59 Å². The molecule has 1 aromatic carbocycles. The van der Waals surface area contributed by atoms with Crippen LogP contribution >= 0.6 is 0 Å². The summed E-state index contributed by atoms with van der Waals surface area (Å²) in [6.07, 6.45) is 0.762. The van der Waals surface area contributed by atoms with Crippen molar-refractivity contribution in [3.63, 3.8) is 0 Å². The first-order valence-electron chi connectivity index (χ1n) is 14.1. The van der Waals surface area contributed by atoms with Gasteiger partial charge in [0, 0.05) is 13.0 Å². The molecule has 0 aromatic heterocycles. The number of benzene rings is 1. The molecule has 0 bridgehead atoms. The van der Waals surface area contributed by atoms with E-state index in [0.717, 1.165) is 12.8 Å². The van der Waals surface area contributed by atoms with E-state index in [9.17, 15) is 19.2 Å². The molecule has 0 saturated heterocycles. The van der Waals surface area contributed by atoms with Crippen LogP contribution in [0.25, 0.3) is 0 Å². The molecule has 0 aliphatic carbocycles. The number of unbranched alkanes of at least 4 members (excludes halogenated alkanes) is 1. The molecule has 0 spiro atoms. The second-order valence-corrected chi connectivity index (χ2v) is 11.0. The molecule has 0 heterocycles. The largest absolute Gasteiger partial charge is 0.514 e. The number of esters is 2. The normalized spacial score (nSPS) is 13.0. The first-order chi connectivity index (χ1) is 19.1. The van der Waals surface area contributed by atoms with Gasteiger partial charge in [-0.3, -0.25) is 9.59 Å². The molecule has 2 atom stereocenters. The molecule has 1 N–H and O–H groups in total. The van der Waals surface area contributed by atoms with Crippen molar-refractivity contribution in [3.8, 4) is 11.5 Å². The second kappa shape index (κ2) is 16.8. The van der Waals surface area contributed by atoms with Gasteiger partial charge in [-0.2, -0.15) is 0 Å². The predicted molar refractivity (Wildman–Crippen MR) is 152 cm³/mol. The van der Waals surface area contributed by atoms with Crippen LogP contribution in [0.15, 0.2) is 18.2 Å². The van der Waals surface area contributed by atoms with Crippen molar-refractivity contribution in [3.05, 3.63) is 23.8 Å². The van der Waals surface area contributed by atoms with Crippen LogP contribution in [0.3, 0.4) is 0 Å². The smallest absolute Gasteiger partial charge is 0.468 e. The second-order valence-electron chi connectivity index (χ2n) is 11.0. The highest BCUT2D eigenvalue weighted by Crippen LogP contribution is 2.31. The lowest BCUT2D eigenvalue weighted by molar-refractivity contribution is -0.148. The molecule has 0 radical (unpaired) electrons. The van der Waals surface area contributed by atoms with Crippen molar-refractivity contribution in [1.82, 2.24) is 5.32 Å². The molecule has 1 rings (SSSR count). The van der Waals surface area contributed by atoms with Gasteiger partial charge >= 0.3 is 24.2 Å². The Hall–Kier alpha value is -3.34. The number of methoxy groups -OCH3 is 1. The molecule has 41 heavy (non-hydrogen) atoms. The first kappa shape index (κ1) is 35.7. The van der Waals surface area contributed by atoms with Gasteiger partial charge in [0.1, 0.15) is 23.3 Å². The summed E-state index contributed by atoms with van der Waals surface area (Å²) in [4.78, 5) is 49.5. The number of hydrogen-bond donors (Lipinski definition) is 1. The van der Waals surface area contributed by atoms with Crippen molar-refractivity contribution < 1.29 is 47.6 Å². The van der Waals surface area contributed by atoms with Crippen LogP contribution in [0, 0.1) is 0 Å². The minimum absolute atomic E-state index is 0.0629. The van der Waals surface area contributed by atoms with Crippen molar-refractivity contribution in [2.75, 3.05) is 13.7 Å². The molecule has 11 nitrogen and oxygen atoms in total. The fourth-order valence-corrected chi connectivity index (χ4v) is 3.23. The van der Waals surface area contributed by atoms with E-state index in [1.165, 1.54) is 19.2 Å². The van der Waals surface area contributed by atoms with Crippen LogP contribution in [0.5, 0.6) is 11.5 Å². The Morgan fingerprint density at radius 1 is 0.878 bits per heavy atom. The molecule has 0 amide bonds. The van der Waals surface area contributed by atoms with Crippen molar-refractivity contribution in [1.29, 1.82) is 0 Å². The van der Waals surface area contributed by atoms with Crippen LogP contribution in [0.1, 0.15) is 93.1 Å². The van der Waals surface area contributed by atoms with E-state index < -0.39 is 41.6 Å². The van der Waals surface area contributed by atoms with Gasteiger partial charge in [0.25, 0.3) is 0 Å². The summed E-state index contributed by atoms with van der Waals surface area (Å²) in [7, 11) is 1.27. The van der Waals surface area contributed by atoms with Gasteiger partial charge in [0.2, 0.25) is 0 Å². The molecule has 11 heteroatoms. The first-order valence-corrected chi connectivity index (χ1v) is 14.1. The average molecular weight is 582 g/mol. The highest BCUT2D eigenvalue weighted by molar-refractivity contribution is 5.76. The summed E-state index contributed by atoms with van der Waals surface area (Å²) < 4.78 is 31.9. The lowest BCUT2D eigenvalue weighted by Crippen LogP contribution is -2.43. The zero-order valence-corrected chi connectivity index (χ0v) is 25.9. The van der Waals surface area contributed by atoms with Gasteiger partial charge in [0.15, 0.2) is 11.5 Å². The summed E-state index contributed by atoms with van der Waals surface area (Å²) in [5.41, 5.74) is -0.980. The number of nitrogens with one attached hydrogen (secondary N) is 1. The van der Waals surface area contributed by atoms with E-state index in [4.69, 9.17) is 28.4 Å². The molecule has 0 aliphatic heterocycles. The lowest BCUT2D eigenvalue weighted by atomic mass is 10.0. The highest BCUT2D eigenvalue weighted by atomic mass is 16.8. The topological polar surface area (TPSA) is 136 Å². The number of ether oxygens (including phenoxy) is 6. The maximum absolute atomic E-state index is 12.6. The van der Waals surface area contributed by atoms with Gasteiger partial charge in [-0.05, 0) is 78.0 Å². The summed E-state index contributed by atoms with van der Waals surface area (Å²) in [5, 5.41) is 3.07. The van der Waals surface area contributed by atoms with Gasteiger partial charge in [-0.15, -0.1) is 0 Å². The molecular formula is C30H47NO10. The quantitative estimate of drug-likeness (QED) is 0.142. The van der Waals surface area contributed by atoms with Crippen molar-refractivity contribution in [2.24, 2.45) is 0 Å². The number of rotatable bonds is 16. The third kappa shape index (κ3) is 13.7. The highest BCUT2D eigenvalue weighted by Gasteiger charge is 2.27. The predicted octanol–water partition coefficient (Wildman–Crippen LogP) is 5.89. The van der Waals surface area contributed by atoms with Crippen LogP contribution in [-0.4, -0.2) is 61.3 Å². The van der Waals surface area contributed by atoms with Crippen LogP contribution < -0.4 is 14.8 Å². The minimum Gasteiger partial charge on any atom is -0.468 e. The zero-order chi connectivity index (χ0) is 31.2. The number of hydrogen-bond acceptors (Lipinski definition) is 11. The number of carbonyl (C=O) groups is 4. The molecule has 232 valence electrons. The van der Waals surface area contributed by atoms with Gasteiger partial charge in [0.05, 0.1) is 7.11 Å². The van der Waals surface area contributed by atoms with Crippen molar-refractivity contribution in [2.45, 2.75) is 117 Å². The zero-order valence-electron chi connectivity index (χ0n) is 25.9. The molecular weight excluding hydrogens is 534 g/mol. The summed E-state index contributed by atoms with van der Waals surface area (Å²) >= 11 is 0. The SMILES string of the molecule is CCCCC(=O)OC(C)CN[C@@H](Cc1ccc(OC(=O)OC(C)(C)CC)c(OC(=O)OC(C)(C)CC)c1)C(=O)OC. The van der Waals surface area contributed by atoms with E-state index in [1.807, 2.05) is 20.8 Å². The van der Waals surface area contributed by atoms with Crippen molar-refractivity contribution >= 4 is 24.2 Å². The fraction of sp³-hybridized carbons (Fsp3) is 0.667. The fourth-order valence-electron chi connectivity index (χ4n) is 3.23. The number of carbonyl (C=O) groups excluding carboxylic acids is 4. The monoisotopic (exact) mass is 581 g/mol. The van der Waals surface area contributed by atoms with E-state index >= 15 is 0 Å². The van der Waals surface area contributed by atoms with E-state index in [1.54, 1.807) is 40.7 Å². The average Bonchev–Trinajstić information content (AvgIpc) is 2.90. The van der Waals surface area contributed by atoms with Crippen LogP contribution in [-0.2, 0) is 35.0 Å². The van der Waals surface area contributed by atoms with E-state index in [2.05, 4.69) is 5.32 Å². The Morgan fingerprint density at radius 2 is 1.44 bits per heavy atom.